The fraction of sp³-hybridized carbons (Fsp3) is 0.318. The average molecular weight is 511 g/mol. The third kappa shape index (κ3) is 4.01. The van der Waals surface area contributed by atoms with E-state index in [1.165, 1.54) is 41.9 Å². The Balaban J connectivity index is 1.74. The number of nitrogens with zero attached hydrogens (tertiary/aromatic N) is 5. The number of thiazole rings is 1. The second-order valence-corrected chi connectivity index (χ2v) is 9.45. The van der Waals surface area contributed by atoms with E-state index in [4.69, 9.17) is 16.6 Å². The highest BCUT2D eigenvalue weighted by Gasteiger charge is 2.47. The SMILES string of the molecule is CNCC1(F)CC2=C(c3cnn(C(F)F)c3)[C@H](c3ccc(F)cc3Cl)N=C(c3nccs3)N2C1. The molecule has 0 radical (unpaired) electrons. The summed E-state index contributed by atoms with van der Waals surface area (Å²) < 4.78 is 56.9. The lowest BCUT2D eigenvalue weighted by Crippen LogP contribution is -2.40. The van der Waals surface area contributed by atoms with Crippen LogP contribution in [0.1, 0.15) is 35.1 Å². The van der Waals surface area contributed by atoms with Gasteiger partial charge in [-0.25, -0.2) is 18.4 Å². The van der Waals surface area contributed by atoms with Crippen molar-refractivity contribution in [3.05, 3.63) is 74.8 Å². The van der Waals surface area contributed by atoms with Gasteiger partial charge in [0.25, 0.3) is 0 Å². The average Bonchev–Trinajstić information content (AvgIpc) is 3.53. The predicted molar refractivity (Wildman–Crippen MR) is 122 cm³/mol. The Morgan fingerprint density at radius 3 is 2.82 bits per heavy atom. The molecule has 6 nitrogen and oxygen atoms in total. The van der Waals surface area contributed by atoms with Crippen LogP contribution in [0.5, 0.6) is 0 Å². The van der Waals surface area contributed by atoms with E-state index in [0.717, 1.165) is 0 Å². The molecule has 178 valence electrons. The first-order chi connectivity index (χ1) is 16.3. The fourth-order valence-electron chi connectivity index (χ4n) is 4.48. The second kappa shape index (κ2) is 8.79. The van der Waals surface area contributed by atoms with Crippen LogP contribution in [0.2, 0.25) is 5.02 Å². The number of amidine groups is 1. The van der Waals surface area contributed by atoms with Crippen molar-refractivity contribution in [2.45, 2.75) is 24.7 Å². The molecule has 0 aliphatic carbocycles. The van der Waals surface area contributed by atoms with E-state index in [1.54, 1.807) is 23.5 Å². The minimum absolute atomic E-state index is 0.0118. The monoisotopic (exact) mass is 510 g/mol. The highest BCUT2D eigenvalue weighted by molar-refractivity contribution is 7.11. The van der Waals surface area contributed by atoms with Crippen molar-refractivity contribution in [3.63, 3.8) is 0 Å². The number of hydrogen-bond donors (Lipinski definition) is 1. The minimum atomic E-state index is -2.84. The molecule has 1 N–H and O–H groups in total. The molecule has 2 aliphatic rings. The maximum atomic E-state index is 15.9. The lowest BCUT2D eigenvalue weighted by Gasteiger charge is -2.32. The van der Waals surface area contributed by atoms with E-state index in [0.29, 0.717) is 37.9 Å². The number of fused-ring (bicyclic) bond motifs is 1. The van der Waals surface area contributed by atoms with E-state index in [1.807, 2.05) is 0 Å². The van der Waals surface area contributed by atoms with Crippen LogP contribution in [0.15, 0.2) is 52.9 Å². The zero-order valence-electron chi connectivity index (χ0n) is 17.9. The summed E-state index contributed by atoms with van der Waals surface area (Å²) in [5.41, 5.74) is 0.275. The molecule has 0 spiro atoms. The molecule has 12 heteroatoms. The smallest absolute Gasteiger partial charge is 0.324 e. The molecule has 3 aromatic rings. The molecular formula is C22H19ClF4N6S. The minimum Gasteiger partial charge on any atom is -0.324 e. The van der Waals surface area contributed by atoms with Crippen molar-refractivity contribution < 1.29 is 17.6 Å². The number of benzene rings is 1. The van der Waals surface area contributed by atoms with Crippen LogP contribution in [0.3, 0.4) is 0 Å². The number of aromatic nitrogens is 3. The topological polar surface area (TPSA) is 58.3 Å². The summed E-state index contributed by atoms with van der Waals surface area (Å²) >= 11 is 7.76. The number of allylic oxidation sites excluding steroid dienone is 1. The van der Waals surface area contributed by atoms with Crippen molar-refractivity contribution in [2.24, 2.45) is 4.99 Å². The largest absolute Gasteiger partial charge is 0.333 e. The standard InChI is InChI=1S/C22H19ClF4N6S/c1-28-10-22(27)7-16-17(12-8-30-33(9-12)21(25)26)18(14-3-2-13(24)6-15(14)23)31-19(32(16)11-22)20-29-4-5-34-20/h2-6,8-9,18,21,28H,7,10-11H2,1H3/t18-,22?/m0/s1. The predicted octanol–water partition coefficient (Wildman–Crippen LogP) is 5.07. The first kappa shape index (κ1) is 23.0. The molecule has 2 atom stereocenters. The van der Waals surface area contributed by atoms with Gasteiger partial charge >= 0.3 is 6.55 Å². The lowest BCUT2D eigenvalue weighted by molar-refractivity contribution is 0.0566. The van der Waals surface area contributed by atoms with Gasteiger partial charge in [0, 0.05) is 52.6 Å². The van der Waals surface area contributed by atoms with E-state index in [-0.39, 0.29) is 24.5 Å². The third-order valence-corrected chi connectivity index (χ3v) is 6.93. The van der Waals surface area contributed by atoms with Crippen LogP contribution in [-0.2, 0) is 0 Å². The van der Waals surface area contributed by atoms with Gasteiger partial charge in [0.2, 0.25) is 0 Å². The highest BCUT2D eigenvalue weighted by Crippen LogP contribution is 2.49. The molecule has 1 fully saturated rings. The Bertz CT molecular complexity index is 1270. The van der Waals surface area contributed by atoms with Crippen LogP contribution in [0.4, 0.5) is 17.6 Å². The van der Waals surface area contributed by atoms with E-state index in [9.17, 15) is 13.2 Å². The van der Waals surface area contributed by atoms with Crippen LogP contribution >= 0.6 is 22.9 Å². The van der Waals surface area contributed by atoms with Crippen molar-refractivity contribution in [1.82, 2.24) is 25.0 Å². The molecular weight excluding hydrogens is 492 g/mol. The maximum Gasteiger partial charge on any atom is 0.333 e. The highest BCUT2D eigenvalue weighted by atomic mass is 35.5. The van der Waals surface area contributed by atoms with Crippen molar-refractivity contribution >= 4 is 34.3 Å². The summed E-state index contributed by atoms with van der Waals surface area (Å²) in [7, 11) is 1.66. The molecule has 1 saturated heterocycles. The van der Waals surface area contributed by atoms with Crippen molar-refractivity contribution in [1.29, 1.82) is 0 Å². The van der Waals surface area contributed by atoms with Gasteiger partial charge in [0.05, 0.1) is 12.7 Å². The maximum absolute atomic E-state index is 15.9. The Hall–Kier alpha value is -2.76. The number of nitrogens with one attached hydrogen (secondary N) is 1. The molecule has 2 aromatic heterocycles. The number of hydrogen-bond acceptors (Lipinski definition) is 6. The molecule has 0 bridgehead atoms. The normalized spacial score (nSPS) is 22.5. The van der Waals surface area contributed by atoms with Crippen molar-refractivity contribution in [3.8, 4) is 0 Å². The quantitative estimate of drug-likeness (QED) is 0.470. The van der Waals surface area contributed by atoms with E-state index in [2.05, 4.69) is 15.4 Å². The summed E-state index contributed by atoms with van der Waals surface area (Å²) in [6, 6.07) is 3.13. The number of rotatable bonds is 6. The summed E-state index contributed by atoms with van der Waals surface area (Å²) in [4.78, 5) is 11.0. The first-order valence-electron chi connectivity index (χ1n) is 10.4. The zero-order chi connectivity index (χ0) is 24.0. The summed E-state index contributed by atoms with van der Waals surface area (Å²) in [6.07, 6.45) is 4.15. The van der Waals surface area contributed by atoms with Crippen LogP contribution < -0.4 is 5.32 Å². The molecule has 1 unspecified atom stereocenters. The summed E-state index contributed by atoms with van der Waals surface area (Å²) in [6.45, 7) is -2.74. The van der Waals surface area contributed by atoms with Crippen molar-refractivity contribution in [2.75, 3.05) is 20.1 Å². The molecule has 0 amide bonds. The van der Waals surface area contributed by atoms with Crippen LogP contribution in [0.25, 0.3) is 5.57 Å². The van der Waals surface area contributed by atoms with E-state index >= 15 is 4.39 Å². The van der Waals surface area contributed by atoms with Gasteiger partial charge in [-0.2, -0.15) is 13.9 Å². The number of halogens is 5. The summed E-state index contributed by atoms with van der Waals surface area (Å²) in [5, 5.41) is 9.15. The van der Waals surface area contributed by atoms with Gasteiger partial charge in [-0.05, 0) is 24.7 Å². The zero-order valence-corrected chi connectivity index (χ0v) is 19.4. The summed E-state index contributed by atoms with van der Waals surface area (Å²) in [5.74, 6) is -0.0660. The Kier molecular flexibility index (Phi) is 5.95. The van der Waals surface area contributed by atoms with Gasteiger partial charge < -0.3 is 10.2 Å². The Morgan fingerprint density at radius 1 is 1.35 bits per heavy atom. The molecule has 5 rings (SSSR count). The molecule has 1 aromatic carbocycles. The fourth-order valence-corrected chi connectivity index (χ4v) is 5.40. The van der Waals surface area contributed by atoms with Gasteiger partial charge in [-0.3, -0.25) is 4.99 Å². The molecule has 2 aliphatic heterocycles. The molecule has 34 heavy (non-hydrogen) atoms. The van der Waals surface area contributed by atoms with Gasteiger partial charge in [-0.15, -0.1) is 11.3 Å². The van der Waals surface area contributed by atoms with Crippen LogP contribution in [0, 0.1) is 5.82 Å². The third-order valence-electron chi connectivity index (χ3n) is 5.83. The molecule has 0 saturated carbocycles. The van der Waals surface area contributed by atoms with Gasteiger partial charge in [0.15, 0.2) is 10.8 Å². The second-order valence-electron chi connectivity index (χ2n) is 8.15. The van der Waals surface area contributed by atoms with Crippen LogP contribution in [-0.4, -0.2) is 51.3 Å². The first-order valence-corrected chi connectivity index (χ1v) is 11.6. The molecule has 4 heterocycles. The van der Waals surface area contributed by atoms with Gasteiger partial charge in [0.1, 0.15) is 17.5 Å². The van der Waals surface area contributed by atoms with E-state index < -0.39 is 24.1 Å². The lowest BCUT2D eigenvalue weighted by atomic mass is 9.90. The number of alkyl halides is 3. The Morgan fingerprint density at radius 2 is 2.18 bits per heavy atom. The van der Waals surface area contributed by atoms with Gasteiger partial charge in [-0.1, -0.05) is 17.7 Å². The Labute approximate surface area is 201 Å². The number of aliphatic imine (C=N–C) groups is 1.